The number of anilines is 1. The normalized spacial score (nSPS) is 15.9. The second-order valence-corrected chi connectivity index (χ2v) is 5.13. The number of benzene rings is 1. The molecule has 0 spiro atoms. The van der Waals surface area contributed by atoms with Crippen LogP contribution < -0.4 is 4.90 Å². The van der Waals surface area contributed by atoms with E-state index in [1.54, 1.807) is 29.2 Å². The number of carboxylic acid groups (broad SMARTS) is 1. The summed E-state index contributed by atoms with van der Waals surface area (Å²) in [4.78, 5) is 37.8. The fraction of sp³-hybridized carbons (Fsp3) is 0.400. The lowest BCUT2D eigenvalue weighted by molar-refractivity contribution is -0.141. The highest BCUT2D eigenvalue weighted by molar-refractivity contribution is 6.00. The van der Waals surface area contributed by atoms with E-state index in [4.69, 9.17) is 5.11 Å². The summed E-state index contributed by atoms with van der Waals surface area (Å²) in [7, 11) is 1.45. The Morgan fingerprint density at radius 3 is 2.67 bits per heavy atom. The van der Waals surface area contributed by atoms with Crippen LogP contribution in [0.25, 0.3) is 0 Å². The summed E-state index contributed by atoms with van der Waals surface area (Å²) in [5.74, 6) is -1.39. The van der Waals surface area contributed by atoms with Gasteiger partial charge in [-0.25, -0.2) is 4.79 Å². The van der Waals surface area contributed by atoms with Gasteiger partial charge in [-0.15, -0.1) is 0 Å². The molecule has 6 heteroatoms. The molecule has 1 saturated heterocycles. The Kier molecular flexibility index (Phi) is 4.26. The molecule has 0 saturated carbocycles. The monoisotopic (exact) mass is 290 g/mol. The molecule has 1 aromatic rings. The molecule has 112 valence electrons. The first kappa shape index (κ1) is 15.0. The number of likely N-dealkylation sites (N-methyl/N-ethyl adjacent to an activating group) is 1. The van der Waals surface area contributed by atoms with E-state index in [2.05, 4.69) is 0 Å². The molecular formula is C15H18N2O4. The second-order valence-electron chi connectivity index (χ2n) is 5.13. The van der Waals surface area contributed by atoms with Crippen molar-refractivity contribution in [3.8, 4) is 0 Å². The molecule has 1 heterocycles. The van der Waals surface area contributed by atoms with Crippen LogP contribution >= 0.6 is 0 Å². The van der Waals surface area contributed by atoms with E-state index in [0.29, 0.717) is 24.2 Å². The lowest BCUT2D eigenvalue weighted by Gasteiger charge is -2.22. The molecule has 1 atom stereocenters. The highest BCUT2D eigenvalue weighted by Crippen LogP contribution is 2.23. The van der Waals surface area contributed by atoms with Crippen molar-refractivity contribution in [3.05, 3.63) is 29.8 Å². The number of carbonyl (C=O) groups excluding carboxylic acids is 2. The molecule has 0 aliphatic carbocycles. The van der Waals surface area contributed by atoms with Crippen molar-refractivity contribution in [1.29, 1.82) is 0 Å². The van der Waals surface area contributed by atoms with Gasteiger partial charge in [-0.2, -0.15) is 0 Å². The van der Waals surface area contributed by atoms with E-state index in [1.807, 2.05) is 0 Å². The first-order valence-electron chi connectivity index (χ1n) is 6.82. The van der Waals surface area contributed by atoms with Gasteiger partial charge in [-0.05, 0) is 31.5 Å². The number of nitrogens with zero attached hydrogens (tertiary/aromatic N) is 2. The molecule has 2 amide bonds. The minimum absolute atomic E-state index is 0.0480. The lowest BCUT2D eigenvalue weighted by Crippen LogP contribution is -2.40. The topological polar surface area (TPSA) is 77.9 Å². The molecule has 21 heavy (non-hydrogen) atoms. The predicted molar refractivity (Wildman–Crippen MR) is 77.2 cm³/mol. The van der Waals surface area contributed by atoms with Crippen LogP contribution in [0, 0.1) is 0 Å². The number of rotatable bonds is 4. The molecule has 1 aliphatic rings. The molecule has 0 aromatic heterocycles. The zero-order valence-electron chi connectivity index (χ0n) is 12.1. The van der Waals surface area contributed by atoms with Gasteiger partial charge in [-0.1, -0.05) is 6.07 Å². The van der Waals surface area contributed by atoms with Gasteiger partial charge < -0.3 is 14.9 Å². The van der Waals surface area contributed by atoms with Gasteiger partial charge in [0, 0.05) is 31.3 Å². The van der Waals surface area contributed by atoms with E-state index in [-0.39, 0.29) is 11.8 Å². The van der Waals surface area contributed by atoms with E-state index in [0.717, 1.165) is 6.42 Å². The number of hydrogen-bond donors (Lipinski definition) is 1. The lowest BCUT2D eigenvalue weighted by atomic mass is 10.1. The summed E-state index contributed by atoms with van der Waals surface area (Å²) in [5.41, 5.74) is 1.06. The van der Waals surface area contributed by atoms with Gasteiger partial charge in [-0.3, -0.25) is 9.59 Å². The number of carbonyl (C=O) groups is 3. The number of aliphatic carboxylic acids is 1. The Labute approximate surface area is 123 Å². The molecule has 6 nitrogen and oxygen atoms in total. The molecule has 2 rings (SSSR count). The molecule has 1 aliphatic heterocycles. The van der Waals surface area contributed by atoms with Crippen LogP contribution in [-0.4, -0.2) is 47.4 Å². The van der Waals surface area contributed by atoms with Crippen LogP contribution in [0.4, 0.5) is 5.69 Å². The van der Waals surface area contributed by atoms with E-state index in [1.165, 1.54) is 18.9 Å². The van der Waals surface area contributed by atoms with Gasteiger partial charge in [0.15, 0.2) is 0 Å². The smallest absolute Gasteiger partial charge is 0.326 e. The van der Waals surface area contributed by atoms with Crippen LogP contribution in [0.15, 0.2) is 24.3 Å². The van der Waals surface area contributed by atoms with Gasteiger partial charge in [0.1, 0.15) is 6.04 Å². The van der Waals surface area contributed by atoms with Crippen molar-refractivity contribution in [2.75, 3.05) is 18.5 Å². The zero-order chi connectivity index (χ0) is 15.6. The summed E-state index contributed by atoms with van der Waals surface area (Å²) in [6.45, 7) is 2.10. The summed E-state index contributed by atoms with van der Waals surface area (Å²) in [6.07, 6.45) is 1.33. The average molecular weight is 290 g/mol. The number of carboxylic acids is 1. The van der Waals surface area contributed by atoms with Crippen molar-refractivity contribution >= 4 is 23.5 Å². The van der Waals surface area contributed by atoms with Crippen molar-refractivity contribution in [1.82, 2.24) is 4.90 Å². The predicted octanol–water partition coefficient (Wildman–Crippen LogP) is 1.36. The van der Waals surface area contributed by atoms with E-state index in [9.17, 15) is 14.4 Å². The zero-order valence-corrected chi connectivity index (χ0v) is 12.1. The third kappa shape index (κ3) is 3.04. The maximum absolute atomic E-state index is 12.3. The van der Waals surface area contributed by atoms with Crippen LogP contribution in [0.5, 0.6) is 0 Å². The molecule has 1 fully saturated rings. The number of hydrogen-bond acceptors (Lipinski definition) is 3. The van der Waals surface area contributed by atoms with Crippen LogP contribution in [0.1, 0.15) is 30.1 Å². The first-order valence-corrected chi connectivity index (χ1v) is 6.82. The minimum atomic E-state index is -1.06. The molecule has 1 N–H and O–H groups in total. The van der Waals surface area contributed by atoms with Gasteiger partial charge >= 0.3 is 5.97 Å². The van der Waals surface area contributed by atoms with Gasteiger partial charge in [0.25, 0.3) is 5.91 Å². The van der Waals surface area contributed by atoms with Crippen molar-refractivity contribution in [3.63, 3.8) is 0 Å². The second kappa shape index (κ2) is 5.95. The summed E-state index contributed by atoms with van der Waals surface area (Å²) in [6, 6.07) is 5.83. The maximum Gasteiger partial charge on any atom is 0.326 e. The third-order valence-corrected chi connectivity index (χ3v) is 3.74. The Morgan fingerprint density at radius 2 is 2.10 bits per heavy atom. The SMILES string of the molecule is C[C@@H](C(=O)O)N(C)C(=O)c1cccc(N2CCCC2=O)c1. The minimum Gasteiger partial charge on any atom is -0.480 e. The van der Waals surface area contributed by atoms with Crippen molar-refractivity contribution in [2.24, 2.45) is 0 Å². The third-order valence-electron chi connectivity index (χ3n) is 3.74. The number of amides is 2. The molecule has 0 bridgehead atoms. The quantitative estimate of drug-likeness (QED) is 0.908. The van der Waals surface area contributed by atoms with Gasteiger partial charge in [0.2, 0.25) is 5.91 Å². The first-order chi connectivity index (χ1) is 9.91. The van der Waals surface area contributed by atoms with E-state index < -0.39 is 12.0 Å². The Balaban J connectivity index is 2.22. The maximum atomic E-state index is 12.3. The van der Waals surface area contributed by atoms with Crippen LogP contribution in [-0.2, 0) is 9.59 Å². The molecule has 0 unspecified atom stereocenters. The average Bonchev–Trinajstić information content (AvgIpc) is 2.91. The molecule has 1 aromatic carbocycles. The fourth-order valence-electron chi connectivity index (χ4n) is 2.27. The highest BCUT2D eigenvalue weighted by atomic mass is 16.4. The van der Waals surface area contributed by atoms with Crippen LogP contribution in [0.2, 0.25) is 0 Å². The molecular weight excluding hydrogens is 272 g/mol. The summed E-state index contributed by atoms with van der Waals surface area (Å²) < 4.78 is 0. The van der Waals surface area contributed by atoms with E-state index >= 15 is 0 Å². The van der Waals surface area contributed by atoms with Crippen molar-refractivity contribution < 1.29 is 19.5 Å². The summed E-state index contributed by atoms with van der Waals surface area (Å²) >= 11 is 0. The Hall–Kier alpha value is -2.37. The standard InChI is InChI=1S/C15H18N2O4/c1-10(15(20)21)16(2)14(19)11-5-3-6-12(9-11)17-8-4-7-13(17)18/h3,5-6,9-10H,4,7-8H2,1-2H3,(H,20,21)/t10-/m0/s1. The van der Waals surface area contributed by atoms with Crippen molar-refractivity contribution in [2.45, 2.75) is 25.8 Å². The fourth-order valence-corrected chi connectivity index (χ4v) is 2.27. The van der Waals surface area contributed by atoms with Gasteiger partial charge in [0.05, 0.1) is 0 Å². The largest absolute Gasteiger partial charge is 0.480 e. The Morgan fingerprint density at radius 1 is 1.38 bits per heavy atom. The highest BCUT2D eigenvalue weighted by Gasteiger charge is 2.25. The Bertz CT molecular complexity index is 585. The summed E-state index contributed by atoms with van der Waals surface area (Å²) in [5, 5.41) is 8.96. The van der Waals surface area contributed by atoms with Crippen LogP contribution in [0.3, 0.4) is 0 Å². The molecule has 0 radical (unpaired) electrons.